The van der Waals surface area contributed by atoms with Crippen LogP contribution in [0.2, 0.25) is 0 Å². The van der Waals surface area contributed by atoms with Crippen molar-refractivity contribution in [3.8, 4) is 0 Å². The molecule has 0 fully saturated rings. The van der Waals surface area contributed by atoms with Crippen LogP contribution >= 0.6 is 0 Å². The molecule has 2 N–H and O–H groups in total. The second kappa shape index (κ2) is 4.97. The summed E-state index contributed by atoms with van der Waals surface area (Å²) in [6.07, 6.45) is 1.68. The van der Waals surface area contributed by atoms with Crippen molar-refractivity contribution in [2.24, 2.45) is 12.8 Å². The fourth-order valence-electron chi connectivity index (χ4n) is 1.91. The van der Waals surface area contributed by atoms with E-state index < -0.39 is 0 Å². The summed E-state index contributed by atoms with van der Waals surface area (Å²) in [6, 6.07) is 2.18. The Morgan fingerprint density at radius 2 is 2.19 bits per heavy atom. The number of aryl methyl sites for hydroxylation is 2. The molecule has 1 aromatic heterocycles. The van der Waals surface area contributed by atoms with Gasteiger partial charge < -0.3 is 10.5 Å². The van der Waals surface area contributed by atoms with Crippen LogP contribution in [0.3, 0.4) is 0 Å². The molecular formula is C12H23N3O. The van der Waals surface area contributed by atoms with Crippen molar-refractivity contribution in [2.45, 2.75) is 45.3 Å². The molecule has 0 aliphatic rings. The summed E-state index contributed by atoms with van der Waals surface area (Å²) in [5.74, 6) is 0. The van der Waals surface area contributed by atoms with Crippen LogP contribution in [0.4, 0.5) is 0 Å². The minimum Gasteiger partial charge on any atom is -0.379 e. The predicted octanol–water partition coefficient (Wildman–Crippen LogP) is 1.41. The van der Waals surface area contributed by atoms with Gasteiger partial charge in [-0.05, 0) is 33.3 Å². The lowest BCUT2D eigenvalue weighted by molar-refractivity contribution is 0.0101. The fraction of sp³-hybridized carbons (Fsp3) is 0.750. The Bertz CT molecular complexity index is 344. The number of nitrogens with zero attached hydrogens (tertiary/aromatic N) is 2. The van der Waals surface area contributed by atoms with Crippen LogP contribution in [-0.4, -0.2) is 28.5 Å². The molecule has 4 nitrogen and oxygen atoms in total. The van der Waals surface area contributed by atoms with Gasteiger partial charge in [0.2, 0.25) is 0 Å². The summed E-state index contributed by atoms with van der Waals surface area (Å²) in [5, 5.41) is 4.31. The number of rotatable bonds is 5. The zero-order valence-electron chi connectivity index (χ0n) is 10.9. The zero-order chi connectivity index (χ0) is 12.3. The van der Waals surface area contributed by atoms with Gasteiger partial charge in [-0.2, -0.15) is 5.10 Å². The van der Waals surface area contributed by atoms with Gasteiger partial charge in [-0.15, -0.1) is 0 Å². The van der Waals surface area contributed by atoms with Crippen LogP contribution in [0.1, 0.15) is 31.7 Å². The monoisotopic (exact) mass is 225 g/mol. The third kappa shape index (κ3) is 3.61. The van der Waals surface area contributed by atoms with E-state index >= 15 is 0 Å². The molecule has 0 aliphatic heterocycles. The van der Waals surface area contributed by atoms with Crippen molar-refractivity contribution >= 4 is 0 Å². The van der Waals surface area contributed by atoms with E-state index in [1.54, 1.807) is 7.11 Å². The molecule has 16 heavy (non-hydrogen) atoms. The number of hydrogen-bond donors (Lipinski definition) is 1. The number of ether oxygens (including phenoxy) is 1. The molecule has 92 valence electrons. The first kappa shape index (κ1) is 13.2. The highest BCUT2D eigenvalue weighted by Crippen LogP contribution is 2.17. The Morgan fingerprint density at radius 1 is 1.56 bits per heavy atom. The van der Waals surface area contributed by atoms with E-state index in [4.69, 9.17) is 10.5 Å². The highest BCUT2D eigenvalue weighted by atomic mass is 16.5. The Hall–Kier alpha value is -0.870. The van der Waals surface area contributed by atoms with E-state index in [1.807, 2.05) is 18.7 Å². The molecule has 0 spiro atoms. The second-order valence-electron chi connectivity index (χ2n) is 5.03. The first-order valence-corrected chi connectivity index (χ1v) is 5.64. The molecule has 0 bridgehead atoms. The quantitative estimate of drug-likeness (QED) is 0.824. The maximum absolute atomic E-state index is 6.12. The molecule has 0 amide bonds. The molecule has 1 heterocycles. The standard InChI is InChI=1S/C12H23N3O/c1-9-6-11(15(4)14-9)7-10(13)8-12(2,3)16-5/h6,10H,7-8,13H2,1-5H3. The lowest BCUT2D eigenvalue weighted by Crippen LogP contribution is -2.35. The van der Waals surface area contributed by atoms with Crippen molar-refractivity contribution in [3.05, 3.63) is 17.5 Å². The Balaban J connectivity index is 2.58. The van der Waals surface area contributed by atoms with Crippen LogP contribution in [0.15, 0.2) is 6.07 Å². The molecular weight excluding hydrogens is 202 g/mol. The van der Waals surface area contributed by atoms with Gasteiger partial charge in [0.25, 0.3) is 0 Å². The second-order valence-corrected chi connectivity index (χ2v) is 5.03. The lowest BCUT2D eigenvalue weighted by Gasteiger charge is -2.26. The van der Waals surface area contributed by atoms with Gasteiger partial charge in [0, 0.05) is 32.3 Å². The van der Waals surface area contributed by atoms with E-state index in [0.29, 0.717) is 0 Å². The third-order valence-corrected chi connectivity index (χ3v) is 2.88. The first-order chi connectivity index (χ1) is 7.34. The highest BCUT2D eigenvalue weighted by molar-refractivity contribution is 5.10. The predicted molar refractivity (Wildman–Crippen MR) is 65.3 cm³/mol. The summed E-state index contributed by atoms with van der Waals surface area (Å²) in [5.41, 5.74) is 8.18. The van der Waals surface area contributed by atoms with Gasteiger partial charge in [-0.3, -0.25) is 4.68 Å². The van der Waals surface area contributed by atoms with Crippen LogP contribution < -0.4 is 5.73 Å². The minimum absolute atomic E-state index is 0.102. The molecule has 0 saturated heterocycles. The van der Waals surface area contributed by atoms with Crippen molar-refractivity contribution in [3.63, 3.8) is 0 Å². The molecule has 1 aromatic rings. The zero-order valence-corrected chi connectivity index (χ0v) is 10.9. The third-order valence-electron chi connectivity index (χ3n) is 2.88. The van der Waals surface area contributed by atoms with E-state index in [1.165, 1.54) is 5.69 Å². The highest BCUT2D eigenvalue weighted by Gasteiger charge is 2.21. The maximum atomic E-state index is 6.12. The number of aromatic nitrogens is 2. The largest absolute Gasteiger partial charge is 0.379 e. The van der Waals surface area contributed by atoms with E-state index in [9.17, 15) is 0 Å². The van der Waals surface area contributed by atoms with Gasteiger partial charge >= 0.3 is 0 Å². The number of hydrogen-bond acceptors (Lipinski definition) is 3. The molecule has 1 rings (SSSR count). The molecule has 1 unspecified atom stereocenters. The van der Waals surface area contributed by atoms with Gasteiger partial charge in [0.1, 0.15) is 0 Å². The van der Waals surface area contributed by atoms with E-state index in [-0.39, 0.29) is 11.6 Å². The Morgan fingerprint density at radius 3 is 2.62 bits per heavy atom. The molecule has 1 atom stereocenters. The summed E-state index contributed by atoms with van der Waals surface area (Å²) < 4.78 is 7.28. The van der Waals surface area contributed by atoms with Gasteiger partial charge in [0.05, 0.1) is 11.3 Å². The van der Waals surface area contributed by atoms with Gasteiger partial charge in [0.15, 0.2) is 0 Å². The van der Waals surface area contributed by atoms with Crippen LogP contribution in [0.25, 0.3) is 0 Å². The van der Waals surface area contributed by atoms with Crippen molar-refractivity contribution in [2.75, 3.05) is 7.11 Å². The Labute approximate surface area is 97.8 Å². The number of methoxy groups -OCH3 is 1. The average Bonchev–Trinajstić information content (AvgIpc) is 2.44. The summed E-state index contributed by atoms with van der Waals surface area (Å²) in [4.78, 5) is 0. The maximum Gasteiger partial charge on any atom is 0.0637 e. The van der Waals surface area contributed by atoms with Gasteiger partial charge in [-0.1, -0.05) is 0 Å². The van der Waals surface area contributed by atoms with E-state index in [2.05, 4.69) is 25.0 Å². The van der Waals surface area contributed by atoms with Crippen molar-refractivity contribution in [1.29, 1.82) is 0 Å². The van der Waals surface area contributed by atoms with Gasteiger partial charge in [-0.25, -0.2) is 0 Å². The molecule has 0 aliphatic carbocycles. The van der Waals surface area contributed by atoms with Crippen molar-refractivity contribution < 1.29 is 4.74 Å². The molecule has 0 aromatic carbocycles. The van der Waals surface area contributed by atoms with Crippen LogP contribution in [0.5, 0.6) is 0 Å². The fourth-order valence-corrected chi connectivity index (χ4v) is 1.91. The normalized spacial score (nSPS) is 14.1. The average molecular weight is 225 g/mol. The van der Waals surface area contributed by atoms with Crippen LogP contribution in [-0.2, 0) is 18.2 Å². The van der Waals surface area contributed by atoms with Crippen LogP contribution in [0, 0.1) is 6.92 Å². The summed E-state index contributed by atoms with van der Waals surface area (Å²) >= 11 is 0. The molecule has 0 radical (unpaired) electrons. The SMILES string of the molecule is COC(C)(C)CC(N)Cc1cc(C)nn1C. The number of nitrogens with two attached hydrogens (primary N) is 1. The van der Waals surface area contributed by atoms with Crippen molar-refractivity contribution in [1.82, 2.24) is 9.78 Å². The topological polar surface area (TPSA) is 53.1 Å². The lowest BCUT2D eigenvalue weighted by atomic mass is 9.96. The molecule has 4 heteroatoms. The molecule has 0 saturated carbocycles. The Kier molecular flexibility index (Phi) is 4.10. The van der Waals surface area contributed by atoms with E-state index in [0.717, 1.165) is 18.5 Å². The smallest absolute Gasteiger partial charge is 0.0637 e. The first-order valence-electron chi connectivity index (χ1n) is 5.64. The minimum atomic E-state index is -0.160. The summed E-state index contributed by atoms with van der Waals surface area (Å²) in [6.45, 7) is 6.11. The summed E-state index contributed by atoms with van der Waals surface area (Å²) in [7, 11) is 3.68.